The molecule has 1 aromatic heterocycles. The predicted molar refractivity (Wildman–Crippen MR) is 77.0 cm³/mol. The zero-order valence-corrected chi connectivity index (χ0v) is 11.1. The predicted octanol–water partition coefficient (Wildman–Crippen LogP) is 1.91. The van der Waals surface area contributed by atoms with Gasteiger partial charge in [0.1, 0.15) is 5.02 Å². The Labute approximate surface area is 116 Å². The molecule has 2 aromatic rings. The van der Waals surface area contributed by atoms with Crippen molar-refractivity contribution in [3.8, 4) is 0 Å². The third-order valence-corrected chi connectivity index (χ3v) is 3.03. The summed E-state index contributed by atoms with van der Waals surface area (Å²) in [7, 11) is 0. The first-order chi connectivity index (χ1) is 9.24. The van der Waals surface area contributed by atoms with Crippen LogP contribution >= 0.6 is 11.6 Å². The van der Waals surface area contributed by atoms with Crippen LogP contribution in [-0.4, -0.2) is 23.1 Å². The minimum Gasteiger partial charge on any atom is -0.330 e. The van der Waals surface area contributed by atoms with Gasteiger partial charge in [0.15, 0.2) is 5.82 Å². The standard InChI is InChI=1S/C13H15ClN4O/c14-11-12(16-9-17-13(11)19)18(8-4-7-15)10-5-2-1-3-6-10/h1-3,5-6,9H,4,7-8,15H2,(H,16,17,19). The Morgan fingerprint density at radius 1 is 1.32 bits per heavy atom. The number of halogens is 1. The molecule has 19 heavy (non-hydrogen) atoms. The lowest BCUT2D eigenvalue weighted by Gasteiger charge is -2.24. The molecular weight excluding hydrogens is 264 g/mol. The van der Waals surface area contributed by atoms with Gasteiger partial charge in [-0.2, -0.15) is 0 Å². The second-order valence-electron chi connectivity index (χ2n) is 4.00. The lowest BCUT2D eigenvalue weighted by atomic mass is 10.2. The molecular formula is C13H15ClN4O. The Kier molecular flexibility index (Phi) is 4.54. The van der Waals surface area contributed by atoms with E-state index in [2.05, 4.69) is 9.97 Å². The highest BCUT2D eigenvalue weighted by Crippen LogP contribution is 2.27. The first kappa shape index (κ1) is 13.6. The molecule has 0 unspecified atom stereocenters. The summed E-state index contributed by atoms with van der Waals surface area (Å²) in [5, 5.41) is 0.0865. The minimum absolute atomic E-state index is 0.0865. The number of H-pyrrole nitrogens is 1. The maximum absolute atomic E-state index is 11.6. The Morgan fingerprint density at radius 3 is 2.74 bits per heavy atom. The highest BCUT2D eigenvalue weighted by molar-refractivity contribution is 6.32. The van der Waals surface area contributed by atoms with Gasteiger partial charge in [-0.25, -0.2) is 4.98 Å². The van der Waals surface area contributed by atoms with E-state index in [9.17, 15) is 4.79 Å². The molecule has 3 N–H and O–H groups in total. The van der Waals surface area contributed by atoms with E-state index >= 15 is 0 Å². The largest absolute Gasteiger partial charge is 0.330 e. The number of aromatic nitrogens is 2. The van der Waals surface area contributed by atoms with Crippen molar-refractivity contribution in [3.63, 3.8) is 0 Å². The second kappa shape index (κ2) is 6.36. The fourth-order valence-electron chi connectivity index (χ4n) is 1.78. The SMILES string of the molecule is NCCCN(c1ccccc1)c1nc[nH]c(=O)c1Cl. The van der Waals surface area contributed by atoms with E-state index in [4.69, 9.17) is 17.3 Å². The van der Waals surface area contributed by atoms with E-state index < -0.39 is 0 Å². The van der Waals surface area contributed by atoms with Crippen molar-refractivity contribution >= 4 is 23.1 Å². The molecule has 1 aromatic carbocycles. The first-order valence-corrected chi connectivity index (χ1v) is 6.37. The van der Waals surface area contributed by atoms with Crippen molar-refractivity contribution in [2.75, 3.05) is 18.0 Å². The van der Waals surface area contributed by atoms with Crippen molar-refractivity contribution in [1.82, 2.24) is 9.97 Å². The molecule has 0 aliphatic rings. The highest BCUT2D eigenvalue weighted by Gasteiger charge is 2.15. The Bertz CT molecular complexity index is 585. The van der Waals surface area contributed by atoms with E-state index in [0.29, 0.717) is 18.9 Å². The number of hydrogen-bond acceptors (Lipinski definition) is 4. The molecule has 1 heterocycles. The maximum atomic E-state index is 11.6. The summed E-state index contributed by atoms with van der Waals surface area (Å²) in [4.78, 5) is 20.1. The fraction of sp³-hybridized carbons (Fsp3) is 0.231. The molecule has 0 amide bonds. The molecule has 0 aliphatic heterocycles. The van der Waals surface area contributed by atoms with Gasteiger partial charge in [0.2, 0.25) is 0 Å². The first-order valence-electron chi connectivity index (χ1n) is 6.00. The number of hydrogen-bond donors (Lipinski definition) is 2. The van der Waals surface area contributed by atoms with Gasteiger partial charge >= 0.3 is 0 Å². The summed E-state index contributed by atoms with van der Waals surface area (Å²) in [6.45, 7) is 1.21. The smallest absolute Gasteiger partial charge is 0.271 e. The monoisotopic (exact) mass is 278 g/mol. The van der Waals surface area contributed by atoms with Crippen molar-refractivity contribution in [1.29, 1.82) is 0 Å². The molecule has 5 nitrogen and oxygen atoms in total. The molecule has 6 heteroatoms. The van der Waals surface area contributed by atoms with Crippen LogP contribution in [0.15, 0.2) is 41.5 Å². The number of aromatic amines is 1. The van der Waals surface area contributed by atoms with Gasteiger partial charge in [0.05, 0.1) is 6.33 Å². The van der Waals surface area contributed by atoms with Crippen LogP contribution in [0.2, 0.25) is 5.02 Å². The van der Waals surface area contributed by atoms with Gasteiger partial charge < -0.3 is 15.6 Å². The van der Waals surface area contributed by atoms with Crippen molar-refractivity contribution < 1.29 is 0 Å². The molecule has 0 saturated carbocycles. The summed E-state index contributed by atoms with van der Waals surface area (Å²) in [5.41, 5.74) is 6.13. The molecule has 0 bridgehead atoms. The van der Waals surface area contributed by atoms with E-state index in [-0.39, 0.29) is 10.6 Å². The van der Waals surface area contributed by atoms with Gasteiger partial charge in [-0.15, -0.1) is 0 Å². The summed E-state index contributed by atoms with van der Waals surface area (Å²) < 4.78 is 0. The average Bonchev–Trinajstić information content (AvgIpc) is 2.45. The van der Waals surface area contributed by atoms with Crippen molar-refractivity contribution in [2.45, 2.75) is 6.42 Å². The Balaban J connectivity index is 2.43. The van der Waals surface area contributed by atoms with Crippen LogP contribution in [0.3, 0.4) is 0 Å². The van der Waals surface area contributed by atoms with Crippen LogP contribution in [0, 0.1) is 0 Å². The van der Waals surface area contributed by atoms with Crippen molar-refractivity contribution in [2.24, 2.45) is 5.73 Å². The van der Waals surface area contributed by atoms with Gasteiger partial charge in [0.25, 0.3) is 5.56 Å². The Hall–Kier alpha value is -1.85. The quantitative estimate of drug-likeness (QED) is 0.876. The van der Waals surface area contributed by atoms with Gasteiger partial charge in [-0.1, -0.05) is 29.8 Å². The number of rotatable bonds is 5. The Morgan fingerprint density at radius 2 is 2.05 bits per heavy atom. The third-order valence-electron chi connectivity index (χ3n) is 2.69. The fourth-order valence-corrected chi connectivity index (χ4v) is 1.98. The normalized spacial score (nSPS) is 10.4. The second-order valence-corrected chi connectivity index (χ2v) is 4.38. The van der Waals surface area contributed by atoms with E-state index in [1.165, 1.54) is 6.33 Å². The minimum atomic E-state index is -0.347. The van der Waals surface area contributed by atoms with E-state index in [0.717, 1.165) is 12.1 Å². The molecule has 0 atom stereocenters. The van der Waals surface area contributed by atoms with Crippen LogP contribution in [-0.2, 0) is 0 Å². The molecule has 100 valence electrons. The third kappa shape index (κ3) is 3.13. The number of nitrogens with two attached hydrogens (primary N) is 1. The average molecular weight is 279 g/mol. The number of anilines is 2. The van der Waals surface area contributed by atoms with Crippen LogP contribution in [0.1, 0.15) is 6.42 Å². The van der Waals surface area contributed by atoms with E-state index in [1.807, 2.05) is 35.2 Å². The van der Waals surface area contributed by atoms with E-state index in [1.54, 1.807) is 0 Å². The number of benzene rings is 1. The summed E-state index contributed by atoms with van der Waals surface area (Å²) >= 11 is 6.04. The van der Waals surface area contributed by atoms with Gasteiger partial charge in [-0.05, 0) is 25.1 Å². The zero-order valence-electron chi connectivity index (χ0n) is 10.3. The van der Waals surface area contributed by atoms with Crippen LogP contribution < -0.4 is 16.2 Å². The molecule has 0 fully saturated rings. The van der Waals surface area contributed by atoms with Crippen LogP contribution in [0.5, 0.6) is 0 Å². The van der Waals surface area contributed by atoms with Gasteiger partial charge in [-0.3, -0.25) is 4.79 Å². The highest BCUT2D eigenvalue weighted by atomic mass is 35.5. The summed E-state index contributed by atoms with van der Waals surface area (Å²) in [5.74, 6) is 0.449. The lowest BCUT2D eigenvalue weighted by molar-refractivity contribution is 0.807. The van der Waals surface area contributed by atoms with Crippen molar-refractivity contribution in [3.05, 3.63) is 52.0 Å². The lowest BCUT2D eigenvalue weighted by Crippen LogP contribution is -2.24. The zero-order chi connectivity index (χ0) is 13.7. The molecule has 0 saturated heterocycles. The van der Waals surface area contributed by atoms with Crippen LogP contribution in [0.4, 0.5) is 11.5 Å². The molecule has 2 rings (SSSR count). The number of nitrogens with zero attached hydrogens (tertiary/aromatic N) is 2. The molecule has 0 aliphatic carbocycles. The summed E-state index contributed by atoms with van der Waals surface area (Å²) in [6.07, 6.45) is 2.13. The molecule has 0 spiro atoms. The number of para-hydroxylation sites is 1. The number of nitrogens with one attached hydrogen (secondary N) is 1. The maximum Gasteiger partial charge on any atom is 0.271 e. The van der Waals surface area contributed by atoms with Gasteiger partial charge in [0, 0.05) is 12.2 Å². The van der Waals surface area contributed by atoms with Crippen LogP contribution in [0.25, 0.3) is 0 Å². The summed E-state index contributed by atoms with van der Waals surface area (Å²) in [6, 6.07) is 9.65. The molecule has 0 radical (unpaired) electrons. The topological polar surface area (TPSA) is 75.0 Å².